The molecule has 1 saturated heterocycles. The Bertz CT molecular complexity index is 926. The van der Waals surface area contributed by atoms with Gasteiger partial charge in [-0.2, -0.15) is 0 Å². The van der Waals surface area contributed by atoms with Gasteiger partial charge in [0.05, 0.1) is 11.5 Å². The van der Waals surface area contributed by atoms with Crippen molar-refractivity contribution in [3.63, 3.8) is 0 Å². The molecule has 1 amide bonds. The molecular formula is C27H34N2O2S. The van der Waals surface area contributed by atoms with E-state index in [1.54, 1.807) is 11.8 Å². The number of amides is 1. The average molecular weight is 451 g/mol. The molecule has 170 valence electrons. The average Bonchev–Trinajstić information content (AvgIpc) is 3.08. The van der Waals surface area contributed by atoms with Crippen LogP contribution in [0.5, 0.6) is 5.75 Å². The largest absolute Gasteiger partial charge is 0.493 e. The van der Waals surface area contributed by atoms with Crippen molar-refractivity contribution < 1.29 is 9.53 Å². The van der Waals surface area contributed by atoms with Gasteiger partial charge in [0.25, 0.3) is 5.91 Å². The molecule has 1 aliphatic carbocycles. The molecule has 0 radical (unpaired) electrons. The fourth-order valence-corrected chi connectivity index (χ4v) is 5.65. The fourth-order valence-electron chi connectivity index (χ4n) is 4.44. The van der Waals surface area contributed by atoms with E-state index in [0.29, 0.717) is 18.4 Å². The molecule has 1 N–H and O–H groups in total. The molecule has 0 spiro atoms. The Morgan fingerprint density at radius 1 is 1.09 bits per heavy atom. The number of benzene rings is 2. The maximum atomic E-state index is 13.6. The Kier molecular flexibility index (Phi) is 7.46. The molecule has 1 heterocycles. The maximum absolute atomic E-state index is 13.6. The lowest BCUT2D eigenvalue weighted by Crippen LogP contribution is -2.48. The lowest BCUT2D eigenvalue weighted by molar-refractivity contribution is -0.129. The number of thioether (sulfide) groups is 1. The lowest BCUT2D eigenvalue weighted by atomic mass is 9.85. The summed E-state index contributed by atoms with van der Waals surface area (Å²) >= 11 is 1.63. The second-order valence-electron chi connectivity index (χ2n) is 9.30. The summed E-state index contributed by atoms with van der Waals surface area (Å²) in [6.45, 7) is 7.27. The van der Waals surface area contributed by atoms with Crippen LogP contribution in [-0.2, 0) is 4.79 Å². The van der Waals surface area contributed by atoms with Crippen molar-refractivity contribution in [2.24, 2.45) is 11.8 Å². The van der Waals surface area contributed by atoms with Crippen LogP contribution in [0.1, 0.15) is 52.0 Å². The van der Waals surface area contributed by atoms with Gasteiger partial charge < -0.3 is 15.0 Å². The third-order valence-corrected chi connectivity index (χ3v) is 7.30. The Balaban J connectivity index is 1.55. The van der Waals surface area contributed by atoms with Crippen molar-refractivity contribution in [2.45, 2.75) is 58.0 Å². The minimum Gasteiger partial charge on any atom is -0.493 e. The number of nitrogens with zero attached hydrogens (tertiary/aromatic N) is 1. The molecule has 1 saturated carbocycles. The first kappa shape index (κ1) is 22.8. The van der Waals surface area contributed by atoms with Gasteiger partial charge in [-0.05, 0) is 60.6 Å². The number of rotatable bonds is 7. The topological polar surface area (TPSA) is 41.6 Å². The molecule has 2 fully saturated rings. The summed E-state index contributed by atoms with van der Waals surface area (Å²) in [7, 11) is 0. The van der Waals surface area contributed by atoms with E-state index in [-0.39, 0.29) is 17.4 Å². The number of para-hydroxylation sites is 1. The molecule has 2 aromatic carbocycles. The van der Waals surface area contributed by atoms with Crippen molar-refractivity contribution in [3.05, 3.63) is 65.1 Å². The highest BCUT2D eigenvalue weighted by molar-refractivity contribution is 8.05. The monoisotopic (exact) mass is 450 g/mol. The molecule has 0 bridgehead atoms. The van der Waals surface area contributed by atoms with Gasteiger partial charge in [0.2, 0.25) is 0 Å². The van der Waals surface area contributed by atoms with Crippen molar-refractivity contribution in [1.82, 2.24) is 4.90 Å². The smallest absolute Gasteiger partial charge is 0.262 e. The predicted molar refractivity (Wildman–Crippen MR) is 134 cm³/mol. The number of hydrogen-bond acceptors (Lipinski definition) is 4. The van der Waals surface area contributed by atoms with E-state index in [0.717, 1.165) is 28.3 Å². The van der Waals surface area contributed by atoms with E-state index in [4.69, 9.17) is 4.74 Å². The van der Waals surface area contributed by atoms with E-state index < -0.39 is 0 Å². The van der Waals surface area contributed by atoms with Crippen LogP contribution >= 0.6 is 11.8 Å². The van der Waals surface area contributed by atoms with E-state index in [2.05, 4.69) is 43.1 Å². The van der Waals surface area contributed by atoms with E-state index in [9.17, 15) is 4.79 Å². The van der Waals surface area contributed by atoms with Gasteiger partial charge in [0, 0.05) is 11.7 Å². The number of anilines is 1. The van der Waals surface area contributed by atoms with Crippen LogP contribution in [0.4, 0.5) is 5.69 Å². The zero-order valence-electron chi connectivity index (χ0n) is 19.3. The fraction of sp³-hybridized carbons (Fsp3) is 0.444. The SMILES string of the molecule is CC(C)COc1ccc(/C=C2\SC(Nc3ccccc3)N([C@H]3CCCC[C@H]3C)C2=O)cc1. The van der Waals surface area contributed by atoms with Crippen molar-refractivity contribution in [2.75, 3.05) is 11.9 Å². The highest BCUT2D eigenvalue weighted by Gasteiger charge is 2.42. The van der Waals surface area contributed by atoms with Crippen LogP contribution < -0.4 is 10.1 Å². The summed E-state index contributed by atoms with van der Waals surface area (Å²) < 4.78 is 5.79. The van der Waals surface area contributed by atoms with Crippen LogP contribution in [0.2, 0.25) is 0 Å². The number of ether oxygens (including phenoxy) is 1. The zero-order valence-corrected chi connectivity index (χ0v) is 20.1. The summed E-state index contributed by atoms with van der Waals surface area (Å²) in [6.07, 6.45) is 6.74. The molecule has 1 aliphatic heterocycles. The van der Waals surface area contributed by atoms with Gasteiger partial charge in [-0.3, -0.25) is 4.79 Å². The summed E-state index contributed by atoms with van der Waals surface area (Å²) in [5.41, 5.74) is 1.98. The highest BCUT2D eigenvalue weighted by Crippen LogP contribution is 2.42. The van der Waals surface area contributed by atoms with E-state index in [1.165, 1.54) is 19.3 Å². The van der Waals surface area contributed by atoms with E-state index >= 15 is 0 Å². The number of hydrogen-bond donors (Lipinski definition) is 1. The zero-order chi connectivity index (χ0) is 22.5. The number of nitrogens with one attached hydrogen (secondary N) is 1. The molecule has 1 unspecified atom stereocenters. The third kappa shape index (κ3) is 5.50. The van der Waals surface area contributed by atoms with Crippen LogP contribution in [0.3, 0.4) is 0 Å². The molecule has 2 aromatic rings. The first-order valence-electron chi connectivity index (χ1n) is 11.8. The van der Waals surface area contributed by atoms with Gasteiger partial charge in [0.15, 0.2) is 5.50 Å². The first-order valence-corrected chi connectivity index (χ1v) is 12.6. The summed E-state index contributed by atoms with van der Waals surface area (Å²) in [5, 5.41) is 3.60. The van der Waals surface area contributed by atoms with Gasteiger partial charge in [-0.15, -0.1) is 0 Å². The first-order chi connectivity index (χ1) is 15.5. The molecule has 4 rings (SSSR count). The van der Waals surface area contributed by atoms with Gasteiger partial charge >= 0.3 is 0 Å². The second kappa shape index (κ2) is 10.5. The number of carbonyl (C=O) groups is 1. The van der Waals surface area contributed by atoms with E-state index in [1.807, 2.05) is 48.5 Å². The van der Waals surface area contributed by atoms with Crippen LogP contribution in [0.25, 0.3) is 6.08 Å². The molecule has 5 heteroatoms. The minimum absolute atomic E-state index is 0.0876. The molecular weight excluding hydrogens is 416 g/mol. The Hall–Kier alpha value is -2.40. The third-order valence-electron chi connectivity index (χ3n) is 6.19. The number of carbonyl (C=O) groups excluding carboxylic acids is 1. The molecule has 2 aliphatic rings. The normalized spacial score (nSPS) is 24.9. The summed E-state index contributed by atoms with van der Waals surface area (Å²) in [5.74, 6) is 2.02. The quantitative estimate of drug-likeness (QED) is 0.482. The molecule has 4 nitrogen and oxygen atoms in total. The maximum Gasteiger partial charge on any atom is 0.262 e. The van der Waals surface area contributed by atoms with Gasteiger partial charge in [-0.25, -0.2) is 0 Å². The lowest BCUT2D eigenvalue weighted by Gasteiger charge is -2.39. The van der Waals surface area contributed by atoms with Gasteiger partial charge in [-0.1, -0.05) is 75.7 Å². The summed E-state index contributed by atoms with van der Waals surface area (Å²) in [4.78, 5) is 16.5. The van der Waals surface area contributed by atoms with Crippen LogP contribution in [0, 0.1) is 11.8 Å². The van der Waals surface area contributed by atoms with Crippen molar-refractivity contribution in [3.8, 4) is 5.75 Å². The highest BCUT2D eigenvalue weighted by atomic mass is 32.2. The molecule has 3 atom stereocenters. The van der Waals surface area contributed by atoms with Crippen LogP contribution in [-0.4, -0.2) is 29.0 Å². The predicted octanol–water partition coefficient (Wildman–Crippen LogP) is 6.61. The minimum atomic E-state index is -0.0876. The standard InChI is InChI=1S/C27H34N2O2S/c1-19(2)18-31-23-15-13-21(14-16-23)17-25-26(30)29(24-12-8-7-9-20(24)3)27(32-25)28-22-10-5-4-6-11-22/h4-6,10-11,13-17,19-20,24,27-28H,7-9,12,18H2,1-3H3/b25-17-/t20-,24+,27?/m1/s1. The Morgan fingerprint density at radius 3 is 2.50 bits per heavy atom. The van der Waals surface area contributed by atoms with Gasteiger partial charge in [0.1, 0.15) is 5.75 Å². The van der Waals surface area contributed by atoms with Crippen LogP contribution in [0.15, 0.2) is 59.5 Å². The van der Waals surface area contributed by atoms with Crippen molar-refractivity contribution in [1.29, 1.82) is 0 Å². The Labute approximate surface area is 196 Å². The second-order valence-corrected chi connectivity index (χ2v) is 10.4. The van der Waals surface area contributed by atoms with Crippen molar-refractivity contribution >= 4 is 29.4 Å². The summed E-state index contributed by atoms with van der Waals surface area (Å²) in [6, 6.07) is 18.5. The molecule has 0 aromatic heterocycles. The Morgan fingerprint density at radius 2 is 1.81 bits per heavy atom. The molecule has 32 heavy (non-hydrogen) atoms.